The Hall–Kier alpha value is -3.09. The van der Waals surface area contributed by atoms with Gasteiger partial charge in [-0.3, -0.25) is 4.79 Å². The summed E-state index contributed by atoms with van der Waals surface area (Å²) in [6, 6.07) is 9.46. The molecule has 1 saturated carbocycles. The lowest BCUT2D eigenvalue weighted by molar-refractivity contribution is 0.0663. The van der Waals surface area contributed by atoms with Crippen molar-refractivity contribution in [2.45, 2.75) is 38.3 Å². The second-order valence-corrected chi connectivity index (χ2v) is 7.47. The minimum atomic E-state index is -0.0566. The van der Waals surface area contributed by atoms with Gasteiger partial charge < -0.3 is 28.6 Å². The van der Waals surface area contributed by atoms with E-state index in [9.17, 15) is 4.79 Å². The summed E-state index contributed by atoms with van der Waals surface area (Å²) in [5.41, 5.74) is 1.52. The maximum Gasteiger partial charge on any atom is 0.254 e. The lowest BCUT2D eigenvalue weighted by Gasteiger charge is -2.30. The number of carbonyl (C=O) groups excluding carboxylic acids is 1. The lowest BCUT2D eigenvalue weighted by atomic mass is 10.1. The fraction of sp³-hybridized carbons (Fsp3) is 0.435. The van der Waals surface area contributed by atoms with Crippen LogP contribution in [-0.4, -0.2) is 45.0 Å². The molecular weight excluding hydrogens is 386 g/mol. The Balaban J connectivity index is 1.66. The second kappa shape index (κ2) is 8.73. The molecule has 0 aromatic heterocycles. The molecule has 1 amide bonds. The molecule has 0 atom stereocenters. The Bertz CT molecular complexity index is 897. The van der Waals surface area contributed by atoms with Crippen LogP contribution >= 0.6 is 0 Å². The quantitative estimate of drug-likeness (QED) is 0.683. The Morgan fingerprint density at radius 3 is 2.27 bits per heavy atom. The van der Waals surface area contributed by atoms with Crippen LogP contribution in [0.5, 0.6) is 28.7 Å². The number of hydrogen-bond acceptors (Lipinski definition) is 6. The van der Waals surface area contributed by atoms with E-state index in [4.69, 9.17) is 23.7 Å². The number of carbonyl (C=O) groups is 1. The van der Waals surface area contributed by atoms with Crippen molar-refractivity contribution in [3.63, 3.8) is 0 Å². The normalized spacial score (nSPS) is 15.2. The summed E-state index contributed by atoms with van der Waals surface area (Å²) in [6.45, 7) is 0.728. The maximum absolute atomic E-state index is 13.6. The molecule has 7 heteroatoms. The van der Waals surface area contributed by atoms with E-state index in [0.29, 0.717) is 29.4 Å². The molecule has 1 heterocycles. The monoisotopic (exact) mass is 413 g/mol. The predicted molar refractivity (Wildman–Crippen MR) is 111 cm³/mol. The van der Waals surface area contributed by atoms with Crippen LogP contribution in [-0.2, 0) is 6.54 Å². The minimum Gasteiger partial charge on any atom is -0.493 e. The average Bonchev–Trinajstić information content (AvgIpc) is 3.47. The summed E-state index contributed by atoms with van der Waals surface area (Å²) in [7, 11) is 4.64. The van der Waals surface area contributed by atoms with E-state index in [1.165, 1.54) is 0 Å². The maximum atomic E-state index is 13.6. The van der Waals surface area contributed by atoms with Crippen LogP contribution in [0.3, 0.4) is 0 Å². The molecule has 2 aromatic rings. The van der Waals surface area contributed by atoms with Crippen molar-refractivity contribution in [1.82, 2.24) is 4.90 Å². The Labute approximate surface area is 176 Å². The molecule has 2 aliphatic rings. The Kier molecular flexibility index (Phi) is 5.88. The first-order valence-corrected chi connectivity index (χ1v) is 10.1. The zero-order valence-corrected chi connectivity index (χ0v) is 17.6. The second-order valence-electron chi connectivity index (χ2n) is 7.47. The van der Waals surface area contributed by atoms with Gasteiger partial charge in [-0.1, -0.05) is 18.9 Å². The zero-order valence-electron chi connectivity index (χ0n) is 17.6. The topological polar surface area (TPSA) is 66.5 Å². The number of nitrogens with zero attached hydrogens (tertiary/aromatic N) is 1. The molecule has 0 radical (unpaired) electrons. The molecule has 0 saturated heterocycles. The molecular formula is C23H27NO6. The highest BCUT2D eigenvalue weighted by Crippen LogP contribution is 2.39. The van der Waals surface area contributed by atoms with Crippen molar-refractivity contribution >= 4 is 5.91 Å². The summed E-state index contributed by atoms with van der Waals surface area (Å²) in [4.78, 5) is 15.6. The molecule has 2 aromatic carbocycles. The molecule has 1 aliphatic carbocycles. The van der Waals surface area contributed by atoms with Crippen molar-refractivity contribution in [3.05, 3.63) is 41.5 Å². The SMILES string of the molecule is COc1cc(C(=O)N(Cc2ccc3c(c2)OCO3)C2CCCC2)cc(OC)c1OC. The summed E-state index contributed by atoms with van der Waals surface area (Å²) in [5.74, 6) is 2.81. The van der Waals surface area contributed by atoms with Crippen LogP contribution in [0, 0.1) is 0 Å². The molecule has 0 unspecified atom stereocenters. The molecule has 7 nitrogen and oxygen atoms in total. The van der Waals surface area contributed by atoms with E-state index < -0.39 is 0 Å². The predicted octanol–water partition coefficient (Wildman–Crippen LogP) is 4.03. The number of fused-ring (bicyclic) bond motifs is 1. The van der Waals surface area contributed by atoms with Gasteiger partial charge in [0.1, 0.15) is 0 Å². The van der Waals surface area contributed by atoms with Crippen molar-refractivity contribution < 1.29 is 28.5 Å². The third kappa shape index (κ3) is 3.84. The third-order valence-electron chi connectivity index (χ3n) is 5.73. The van der Waals surface area contributed by atoms with Crippen LogP contribution in [0.25, 0.3) is 0 Å². The van der Waals surface area contributed by atoms with Gasteiger partial charge in [0.15, 0.2) is 23.0 Å². The number of ether oxygens (including phenoxy) is 5. The largest absolute Gasteiger partial charge is 0.493 e. The van der Waals surface area contributed by atoms with Gasteiger partial charge in [-0.25, -0.2) is 0 Å². The van der Waals surface area contributed by atoms with Gasteiger partial charge in [-0.15, -0.1) is 0 Å². The van der Waals surface area contributed by atoms with E-state index in [2.05, 4.69) is 0 Å². The smallest absolute Gasteiger partial charge is 0.254 e. The van der Waals surface area contributed by atoms with Crippen LogP contribution in [0.4, 0.5) is 0 Å². The summed E-state index contributed by atoms with van der Waals surface area (Å²) in [5, 5.41) is 0. The molecule has 1 fully saturated rings. The first kappa shape index (κ1) is 20.2. The number of rotatable bonds is 7. The van der Waals surface area contributed by atoms with Crippen LogP contribution in [0.2, 0.25) is 0 Å². The van der Waals surface area contributed by atoms with E-state index in [-0.39, 0.29) is 18.7 Å². The van der Waals surface area contributed by atoms with Crippen molar-refractivity contribution in [1.29, 1.82) is 0 Å². The van der Waals surface area contributed by atoms with Crippen LogP contribution in [0.1, 0.15) is 41.6 Å². The van der Waals surface area contributed by atoms with Crippen molar-refractivity contribution in [2.75, 3.05) is 28.1 Å². The summed E-state index contributed by atoms with van der Waals surface area (Å²) in [6.07, 6.45) is 4.26. The zero-order chi connectivity index (χ0) is 21.1. The van der Waals surface area contributed by atoms with E-state index >= 15 is 0 Å². The molecule has 0 N–H and O–H groups in total. The molecule has 160 valence electrons. The minimum absolute atomic E-state index is 0.0566. The lowest BCUT2D eigenvalue weighted by Crippen LogP contribution is -2.38. The number of amides is 1. The number of methoxy groups -OCH3 is 3. The standard InChI is InChI=1S/C23H27NO6/c1-26-20-11-16(12-21(27-2)22(20)28-3)23(25)24(17-6-4-5-7-17)13-15-8-9-18-19(10-15)30-14-29-18/h8-12,17H,4-7,13-14H2,1-3H3. The highest BCUT2D eigenvalue weighted by molar-refractivity contribution is 5.96. The number of hydrogen-bond donors (Lipinski definition) is 0. The van der Waals surface area contributed by atoms with Crippen LogP contribution in [0.15, 0.2) is 30.3 Å². The van der Waals surface area contributed by atoms with Gasteiger partial charge in [-0.2, -0.15) is 0 Å². The fourth-order valence-corrected chi connectivity index (χ4v) is 4.19. The molecule has 0 bridgehead atoms. The molecule has 1 aliphatic heterocycles. The van der Waals surface area contributed by atoms with Crippen molar-refractivity contribution in [3.8, 4) is 28.7 Å². The van der Waals surface area contributed by atoms with E-state index in [0.717, 1.165) is 42.7 Å². The highest BCUT2D eigenvalue weighted by Gasteiger charge is 2.29. The fourth-order valence-electron chi connectivity index (χ4n) is 4.19. The van der Waals surface area contributed by atoms with Gasteiger partial charge in [0.25, 0.3) is 5.91 Å². The van der Waals surface area contributed by atoms with E-state index in [1.807, 2.05) is 23.1 Å². The first-order chi connectivity index (χ1) is 14.6. The van der Waals surface area contributed by atoms with Gasteiger partial charge in [-0.05, 0) is 42.7 Å². The van der Waals surface area contributed by atoms with Gasteiger partial charge in [0.05, 0.1) is 21.3 Å². The van der Waals surface area contributed by atoms with Gasteiger partial charge in [0.2, 0.25) is 12.5 Å². The molecule has 0 spiro atoms. The average molecular weight is 413 g/mol. The van der Waals surface area contributed by atoms with Crippen molar-refractivity contribution in [2.24, 2.45) is 0 Å². The highest BCUT2D eigenvalue weighted by atomic mass is 16.7. The van der Waals surface area contributed by atoms with E-state index in [1.54, 1.807) is 33.5 Å². The molecule has 30 heavy (non-hydrogen) atoms. The first-order valence-electron chi connectivity index (χ1n) is 10.1. The number of benzene rings is 2. The summed E-state index contributed by atoms with van der Waals surface area (Å²) >= 11 is 0. The molecule has 4 rings (SSSR count). The van der Waals surface area contributed by atoms with Gasteiger partial charge >= 0.3 is 0 Å². The third-order valence-corrected chi connectivity index (χ3v) is 5.73. The van der Waals surface area contributed by atoms with Gasteiger partial charge in [0, 0.05) is 18.2 Å². The van der Waals surface area contributed by atoms with Crippen LogP contribution < -0.4 is 23.7 Å². The Morgan fingerprint density at radius 2 is 1.63 bits per heavy atom. The summed E-state index contributed by atoms with van der Waals surface area (Å²) < 4.78 is 27.2. The Morgan fingerprint density at radius 1 is 0.967 bits per heavy atom.